The van der Waals surface area contributed by atoms with Gasteiger partial charge in [0.2, 0.25) is 0 Å². The second-order valence-corrected chi connectivity index (χ2v) is 6.24. The number of benzene rings is 1. The van der Waals surface area contributed by atoms with E-state index >= 15 is 0 Å². The molecule has 2 heteroatoms. The van der Waals surface area contributed by atoms with E-state index in [-0.39, 0.29) is 5.41 Å². The van der Waals surface area contributed by atoms with Gasteiger partial charge in [0.25, 0.3) is 0 Å². The summed E-state index contributed by atoms with van der Waals surface area (Å²) in [5.41, 5.74) is 2.99. The Bertz CT molecular complexity index is 358. The molecule has 1 N–H and O–H groups in total. The summed E-state index contributed by atoms with van der Waals surface area (Å²) in [6.07, 6.45) is 2.42. The van der Waals surface area contributed by atoms with Crippen LogP contribution < -0.4 is 5.32 Å². The van der Waals surface area contributed by atoms with Crippen molar-refractivity contribution in [2.75, 3.05) is 13.2 Å². The van der Waals surface area contributed by atoms with E-state index in [0.29, 0.717) is 6.04 Å². The minimum absolute atomic E-state index is 0.239. The third-order valence-corrected chi connectivity index (χ3v) is 3.58. The number of hydrogen-bond acceptors (Lipinski definition) is 2. The van der Waals surface area contributed by atoms with E-state index in [2.05, 4.69) is 50.4 Å². The van der Waals surface area contributed by atoms with Crippen LogP contribution in [0.3, 0.4) is 0 Å². The lowest BCUT2D eigenvalue weighted by molar-refractivity contribution is 0.0699. The molecule has 1 fully saturated rings. The highest BCUT2D eigenvalue weighted by molar-refractivity contribution is 5.27. The summed E-state index contributed by atoms with van der Waals surface area (Å²) < 4.78 is 5.47. The largest absolute Gasteiger partial charge is 0.380 e. The fourth-order valence-electron chi connectivity index (χ4n) is 2.29. The SMILES string of the molecule is CC(C)(C)c1ccc(CNC2CCCOC2)cc1. The van der Waals surface area contributed by atoms with Gasteiger partial charge in [-0.05, 0) is 29.4 Å². The zero-order valence-corrected chi connectivity index (χ0v) is 11.8. The van der Waals surface area contributed by atoms with Gasteiger partial charge in [0, 0.05) is 19.2 Å². The van der Waals surface area contributed by atoms with Gasteiger partial charge in [0.15, 0.2) is 0 Å². The van der Waals surface area contributed by atoms with Gasteiger partial charge >= 0.3 is 0 Å². The summed E-state index contributed by atoms with van der Waals surface area (Å²) in [7, 11) is 0. The van der Waals surface area contributed by atoms with E-state index in [1.165, 1.54) is 24.0 Å². The minimum Gasteiger partial charge on any atom is -0.380 e. The van der Waals surface area contributed by atoms with E-state index < -0.39 is 0 Å². The summed E-state index contributed by atoms with van der Waals surface area (Å²) >= 11 is 0. The Kier molecular flexibility index (Phi) is 4.41. The Hall–Kier alpha value is -0.860. The van der Waals surface area contributed by atoms with Gasteiger partial charge in [-0.25, -0.2) is 0 Å². The van der Waals surface area contributed by atoms with Crippen LogP contribution in [-0.4, -0.2) is 19.3 Å². The van der Waals surface area contributed by atoms with E-state index in [0.717, 1.165) is 19.8 Å². The number of ether oxygens (including phenoxy) is 1. The zero-order valence-electron chi connectivity index (χ0n) is 11.8. The molecule has 1 atom stereocenters. The Morgan fingerprint density at radius 3 is 2.50 bits per heavy atom. The second kappa shape index (κ2) is 5.85. The number of nitrogens with one attached hydrogen (secondary N) is 1. The van der Waals surface area contributed by atoms with Crippen molar-refractivity contribution < 1.29 is 4.74 Å². The Morgan fingerprint density at radius 1 is 1.22 bits per heavy atom. The first-order valence-electron chi connectivity index (χ1n) is 6.96. The summed E-state index contributed by atoms with van der Waals surface area (Å²) in [5.74, 6) is 0. The van der Waals surface area contributed by atoms with Gasteiger partial charge in [0.1, 0.15) is 0 Å². The molecule has 1 unspecified atom stereocenters. The standard InChI is InChI=1S/C16H25NO/c1-16(2,3)14-8-6-13(7-9-14)11-17-15-5-4-10-18-12-15/h6-9,15,17H,4-5,10-12H2,1-3H3. The van der Waals surface area contributed by atoms with E-state index in [1.54, 1.807) is 0 Å². The maximum Gasteiger partial charge on any atom is 0.0619 e. The van der Waals surface area contributed by atoms with Crippen LogP contribution in [0.15, 0.2) is 24.3 Å². The first-order chi connectivity index (χ1) is 8.55. The molecule has 0 amide bonds. The lowest BCUT2D eigenvalue weighted by atomic mass is 9.87. The first kappa shape index (κ1) is 13.6. The van der Waals surface area contributed by atoms with Crippen LogP contribution in [0, 0.1) is 0 Å². The van der Waals surface area contributed by atoms with Crippen molar-refractivity contribution in [2.24, 2.45) is 0 Å². The third kappa shape index (κ3) is 3.82. The number of hydrogen-bond donors (Lipinski definition) is 1. The molecule has 1 aromatic carbocycles. The van der Waals surface area contributed by atoms with Crippen molar-refractivity contribution in [1.82, 2.24) is 5.32 Å². The summed E-state index contributed by atoms with van der Waals surface area (Å²) in [6, 6.07) is 9.48. The van der Waals surface area contributed by atoms with Crippen LogP contribution in [0.2, 0.25) is 0 Å². The van der Waals surface area contributed by atoms with Gasteiger partial charge in [-0.15, -0.1) is 0 Å². The smallest absolute Gasteiger partial charge is 0.0619 e. The second-order valence-electron chi connectivity index (χ2n) is 6.24. The summed E-state index contributed by atoms with van der Waals surface area (Å²) in [6.45, 7) is 9.48. The van der Waals surface area contributed by atoms with E-state index in [9.17, 15) is 0 Å². The Balaban J connectivity index is 1.86. The normalized spacial score (nSPS) is 20.9. The molecule has 0 spiro atoms. The van der Waals surface area contributed by atoms with Crippen LogP contribution in [0.4, 0.5) is 0 Å². The average Bonchev–Trinajstić information content (AvgIpc) is 2.37. The minimum atomic E-state index is 0.239. The molecule has 18 heavy (non-hydrogen) atoms. The van der Waals surface area contributed by atoms with Gasteiger partial charge < -0.3 is 10.1 Å². The lowest BCUT2D eigenvalue weighted by Gasteiger charge is -2.23. The van der Waals surface area contributed by atoms with Crippen molar-refractivity contribution >= 4 is 0 Å². The molecule has 1 heterocycles. The Morgan fingerprint density at radius 2 is 1.94 bits per heavy atom. The molecule has 0 aromatic heterocycles. The molecule has 0 radical (unpaired) electrons. The molecule has 1 aromatic rings. The molecule has 0 aliphatic carbocycles. The monoisotopic (exact) mass is 247 g/mol. The van der Waals surface area contributed by atoms with Crippen molar-refractivity contribution in [3.8, 4) is 0 Å². The van der Waals surface area contributed by atoms with Crippen LogP contribution >= 0.6 is 0 Å². The molecular formula is C16H25NO. The quantitative estimate of drug-likeness (QED) is 0.885. The van der Waals surface area contributed by atoms with Crippen molar-refractivity contribution in [1.29, 1.82) is 0 Å². The predicted molar refractivity (Wildman–Crippen MR) is 75.8 cm³/mol. The topological polar surface area (TPSA) is 21.3 Å². The fraction of sp³-hybridized carbons (Fsp3) is 0.625. The summed E-state index contributed by atoms with van der Waals surface area (Å²) in [5, 5.41) is 3.57. The zero-order chi connectivity index (χ0) is 13.0. The Labute approximate surface area is 111 Å². The van der Waals surface area contributed by atoms with Crippen molar-refractivity contribution in [3.63, 3.8) is 0 Å². The maximum atomic E-state index is 5.47. The number of rotatable bonds is 3. The van der Waals surface area contributed by atoms with Gasteiger partial charge in [0.05, 0.1) is 6.61 Å². The molecule has 1 saturated heterocycles. The fourth-order valence-corrected chi connectivity index (χ4v) is 2.29. The molecule has 0 bridgehead atoms. The summed E-state index contributed by atoms with van der Waals surface area (Å²) in [4.78, 5) is 0. The highest BCUT2D eigenvalue weighted by Gasteiger charge is 2.14. The molecule has 100 valence electrons. The van der Waals surface area contributed by atoms with Crippen LogP contribution in [-0.2, 0) is 16.7 Å². The highest BCUT2D eigenvalue weighted by atomic mass is 16.5. The van der Waals surface area contributed by atoms with E-state index in [4.69, 9.17) is 4.74 Å². The molecule has 0 saturated carbocycles. The van der Waals surface area contributed by atoms with Gasteiger partial charge in [-0.1, -0.05) is 45.0 Å². The van der Waals surface area contributed by atoms with Crippen LogP contribution in [0.25, 0.3) is 0 Å². The molecule has 2 rings (SSSR count). The van der Waals surface area contributed by atoms with E-state index in [1.807, 2.05) is 0 Å². The maximum absolute atomic E-state index is 5.47. The first-order valence-corrected chi connectivity index (χ1v) is 6.96. The third-order valence-electron chi connectivity index (χ3n) is 3.58. The average molecular weight is 247 g/mol. The molecule has 1 aliphatic rings. The van der Waals surface area contributed by atoms with Crippen molar-refractivity contribution in [2.45, 2.75) is 51.6 Å². The van der Waals surface area contributed by atoms with Crippen molar-refractivity contribution in [3.05, 3.63) is 35.4 Å². The molecule has 1 aliphatic heterocycles. The molecular weight excluding hydrogens is 222 g/mol. The van der Waals surface area contributed by atoms with Crippen LogP contribution in [0.1, 0.15) is 44.7 Å². The predicted octanol–water partition coefficient (Wildman–Crippen LogP) is 3.25. The highest BCUT2D eigenvalue weighted by Crippen LogP contribution is 2.22. The van der Waals surface area contributed by atoms with Gasteiger partial charge in [-0.3, -0.25) is 0 Å². The lowest BCUT2D eigenvalue weighted by Crippen LogP contribution is -2.36. The molecule has 2 nitrogen and oxygen atoms in total. The van der Waals surface area contributed by atoms with Gasteiger partial charge in [-0.2, -0.15) is 0 Å². The van der Waals surface area contributed by atoms with Crippen LogP contribution in [0.5, 0.6) is 0 Å².